The number of aryl methyl sites for hydroxylation is 1. The SMILES string of the molecule is CCn1c2ccccc2c2cc(-c3ccc4c(c3)c3ccccc3n4-c3ccc4c(ccc5ccccc54)c3)ccc21. The van der Waals surface area contributed by atoms with Gasteiger partial charge in [0.25, 0.3) is 0 Å². The predicted octanol–water partition coefficient (Wildman–Crippen LogP) is 10.9. The second-order valence-corrected chi connectivity index (χ2v) is 11.3. The molecule has 2 heteroatoms. The van der Waals surface area contributed by atoms with E-state index in [4.69, 9.17) is 0 Å². The van der Waals surface area contributed by atoms with E-state index >= 15 is 0 Å². The van der Waals surface area contributed by atoms with Crippen LogP contribution in [0.4, 0.5) is 0 Å². The Hall–Kier alpha value is -5.34. The second kappa shape index (κ2) is 8.83. The van der Waals surface area contributed by atoms with E-state index in [0.717, 1.165) is 6.54 Å². The van der Waals surface area contributed by atoms with Crippen LogP contribution >= 0.6 is 0 Å². The third-order valence-corrected chi connectivity index (χ3v) is 9.08. The highest BCUT2D eigenvalue weighted by Gasteiger charge is 2.15. The van der Waals surface area contributed by atoms with Gasteiger partial charge < -0.3 is 9.13 Å². The lowest BCUT2D eigenvalue weighted by molar-refractivity contribution is 0.827. The van der Waals surface area contributed by atoms with Crippen LogP contribution in [0.25, 0.3) is 82.0 Å². The fourth-order valence-corrected chi connectivity index (χ4v) is 7.14. The van der Waals surface area contributed by atoms with Crippen LogP contribution in [0.1, 0.15) is 6.92 Å². The number of para-hydroxylation sites is 2. The molecule has 0 amide bonds. The minimum absolute atomic E-state index is 0.958. The summed E-state index contributed by atoms with van der Waals surface area (Å²) in [5.41, 5.74) is 8.72. The van der Waals surface area contributed by atoms with Gasteiger partial charge in [-0.3, -0.25) is 0 Å². The van der Waals surface area contributed by atoms with Gasteiger partial charge in [-0.05, 0) is 88.1 Å². The van der Waals surface area contributed by atoms with Gasteiger partial charge in [-0.15, -0.1) is 0 Å². The number of nitrogens with zero attached hydrogens (tertiary/aromatic N) is 2. The normalized spacial score (nSPS) is 12.0. The first kappa shape index (κ1) is 23.4. The molecule has 0 radical (unpaired) electrons. The van der Waals surface area contributed by atoms with E-state index in [1.165, 1.54) is 82.0 Å². The van der Waals surface area contributed by atoms with Crippen molar-refractivity contribution in [1.29, 1.82) is 0 Å². The van der Waals surface area contributed by atoms with E-state index in [1.807, 2.05) is 0 Å². The molecule has 0 atom stereocenters. The molecule has 9 aromatic rings. The van der Waals surface area contributed by atoms with Crippen LogP contribution < -0.4 is 0 Å². The Kier molecular flexibility index (Phi) is 4.91. The van der Waals surface area contributed by atoms with Crippen LogP contribution in [-0.2, 0) is 6.54 Å². The highest BCUT2D eigenvalue weighted by molar-refractivity contribution is 6.13. The third-order valence-electron chi connectivity index (χ3n) is 9.08. The van der Waals surface area contributed by atoms with Crippen LogP contribution in [0.15, 0.2) is 140 Å². The number of fused-ring (bicyclic) bond motifs is 9. The van der Waals surface area contributed by atoms with Gasteiger partial charge >= 0.3 is 0 Å². The van der Waals surface area contributed by atoms with E-state index in [2.05, 4.69) is 156 Å². The summed E-state index contributed by atoms with van der Waals surface area (Å²) in [5, 5.41) is 10.3. The Morgan fingerprint density at radius 2 is 0.952 bits per heavy atom. The lowest BCUT2D eigenvalue weighted by Gasteiger charge is -2.11. The lowest BCUT2D eigenvalue weighted by Crippen LogP contribution is -1.94. The maximum Gasteiger partial charge on any atom is 0.0541 e. The molecule has 0 aliphatic heterocycles. The van der Waals surface area contributed by atoms with Crippen molar-refractivity contribution in [2.45, 2.75) is 13.5 Å². The first-order chi connectivity index (χ1) is 20.8. The summed E-state index contributed by atoms with van der Waals surface area (Å²) in [7, 11) is 0. The molecule has 2 aromatic heterocycles. The molecular formula is C40H28N2. The monoisotopic (exact) mass is 536 g/mol. The fraction of sp³-hybridized carbons (Fsp3) is 0.0500. The van der Waals surface area contributed by atoms with Gasteiger partial charge in [-0.1, -0.05) is 91.0 Å². The van der Waals surface area contributed by atoms with Gasteiger partial charge in [-0.25, -0.2) is 0 Å². The van der Waals surface area contributed by atoms with Crippen LogP contribution in [-0.4, -0.2) is 9.13 Å². The molecule has 0 aliphatic carbocycles. The number of aromatic nitrogens is 2. The van der Waals surface area contributed by atoms with Crippen molar-refractivity contribution < 1.29 is 0 Å². The summed E-state index contributed by atoms with van der Waals surface area (Å²) in [5.74, 6) is 0. The van der Waals surface area contributed by atoms with Gasteiger partial charge in [0.2, 0.25) is 0 Å². The van der Waals surface area contributed by atoms with Crippen molar-refractivity contribution in [1.82, 2.24) is 9.13 Å². The third kappa shape index (κ3) is 3.27. The zero-order valence-electron chi connectivity index (χ0n) is 23.4. The van der Waals surface area contributed by atoms with Gasteiger partial charge in [0, 0.05) is 44.8 Å². The molecular weight excluding hydrogens is 508 g/mol. The van der Waals surface area contributed by atoms with Crippen LogP contribution in [0, 0.1) is 0 Å². The van der Waals surface area contributed by atoms with Crippen molar-refractivity contribution in [2.75, 3.05) is 0 Å². The Labute approximate surface area is 243 Å². The van der Waals surface area contributed by atoms with E-state index in [-0.39, 0.29) is 0 Å². The minimum atomic E-state index is 0.958. The quantitative estimate of drug-likeness (QED) is 0.199. The van der Waals surface area contributed by atoms with Crippen molar-refractivity contribution >= 4 is 65.2 Å². The first-order valence-corrected chi connectivity index (χ1v) is 14.7. The van der Waals surface area contributed by atoms with Crippen LogP contribution in [0.3, 0.4) is 0 Å². The van der Waals surface area contributed by atoms with E-state index in [0.29, 0.717) is 0 Å². The zero-order valence-corrected chi connectivity index (χ0v) is 23.4. The highest BCUT2D eigenvalue weighted by atomic mass is 15.0. The predicted molar refractivity (Wildman–Crippen MR) is 180 cm³/mol. The molecule has 0 aliphatic rings. The summed E-state index contributed by atoms with van der Waals surface area (Å²) < 4.78 is 4.83. The topological polar surface area (TPSA) is 9.86 Å². The molecule has 2 heterocycles. The minimum Gasteiger partial charge on any atom is -0.341 e. The molecule has 198 valence electrons. The Morgan fingerprint density at radius 3 is 1.74 bits per heavy atom. The van der Waals surface area contributed by atoms with Crippen LogP contribution in [0.2, 0.25) is 0 Å². The summed E-state index contributed by atoms with van der Waals surface area (Å²) in [4.78, 5) is 0. The second-order valence-electron chi connectivity index (χ2n) is 11.3. The molecule has 0 fully saturated rings. The van der Waals surface area contributed by atoms with Gasteiger partial charge in [0.05, 0.1) is 11.0 Å². The summed E-state index contributed by atoms with van der Waals surface area (Å²) in [6.45, 7) is 3.18. The van der Waals surface area contributed by atoms with Gasteiger partial charge in [0.15, 0.2) is 0 Å². The lowest BCUT2D eigenvalue weighted by atomic mass is 10.0. The number of rotatable bonds is 3. The Morgan fingerprint density at radius 1 is 0.405 bits per heavy atom. The van der Waals surface area contributed by atoms with Crippen molar-refractivity contribution in [3.05, 3.63) is 140 Å². The summed E-state index contributed by atoms with van der Waals surface area (Å²) in [6.07, 6.45) is 0. The average Bonchev–Trinajstić information content (AvgIpc) is 3.56. The van der Waals surface area contributed by atoms with Gasteiger partial charge in [-0.2, -0.15) is 0 Å². The number of hydrogen-bond donors (Lipinski definition) is 0. The molecule has 0 saturated carbocycles. The number of hydrogen-bond acceptors (Lipinski definition) is 0. The maximum absolute atomic E-state index is 2.42. The Bertz CT molecular complexity index is 2510. The van der Waals surface area contributed by atoms with Gasteiger partial charge in [0.1, 0.15) is 0 Å². The molecule has 0 N–H and O–H groups in total. The molecule has 2 nitrogen and oxygen atoms in total. The van der Waals surface area contributed by atoms with E-state index in [1.54, 1.807) is 0 Å². The van der Waals surface area contributed by atoms with E-state index < -0.39 is 0 Å². The molecule has 9 rings (SSSR count). The average molecular weight is 537 g/mol. The molecule has 7 aromatic carbocycles. The van der Waals surface area contributed by atoms with Crippen molar-refractivity contribution in [3.8, 4) is 16.8 Å². The molecule has 0 saturated heterocycles. The fourth-order valence-electron chi connectivity index (χ4n) is 7.14. The standard InChI is InChI=1S/C40H28N2/c1-2-41-37-13-7-5-11-33(37)35-24-27(17-21-38(35)41)28-18-22-40-36(25-28)34-12-6-8-14-39(34)42(40)30-19-20-32-29(23-30)16-15-26-9-3-4-10-31(26)32/h3-25H,2H2,1H3. The summed E-state index contributed by atoms with van der Waals surface area (Å²) in [6, 6.07) is 51.5. The molecule has 0 unspecified atom stereocenters. The van der Waals surface area contributed by atoms with E-state index in [9.17, 15) is 0 Å². The molecule has 0 bridgehead atoms. The van der Waals surface area contributed by atoms with Crippen molar-refractivity contribution in [3.63, 3.8) is 0 Å². The molecule has 0 spiro atoms. The maximum atomic E-state index is 2.42. The smallest absolute Gasteiger partial charge is 0.0541 e. The van der Waals surface area contributed by atoms with Crippen LogP contribution in [0.5, 0.6) is 0 Å². The zero-order chi connectivity index (χ0) is 27.8. The summed E-state index contributed by atoms with van der Waals surface area (Å²) >= 11 is 0. The largest absolute Gasteiger partial charge is 0.341 e. The highest BCUT2D eigenvalue weighted by Crippen LogP contribution is 2.38. The molecule has 42 heavy (non-hydrogen) atoms. The first-order valence-electron chi connectivity index (χ1n) is 14.7. The Balaban J connectivity index is 1.25. The number of benzene rings is 7. The van der Waals surface area contributed by atoms with Crippen molar-refractivity contribution in [2.24, 2.45) is 0 Å².